The Morgan fingerprint density at radius 3 is 2.40 bits per heavy atom. The van der Waals surface area contributed by atoms with Crippen LogP contribution in [0.2, 0.25) is 0 Å². The standard InChI is InChI=1S/C29H30BrN3O2/c1-4-6-19-32(28(34)22-15-17-23(30)18-16-22)20(3)27-31-25-13-9-8-12-24(25)29(35)33(27)26-14-10-7-11-21(26)5-2/h7-18,20H,4-6,19H2,1-3H3. The number of carbonyl (C=O) groups excluding carboxylic acids is 1. The summed E-state index contributed by atoms with van der Waals surface area (Å²) in [7, 11) is 0. The van der Waals surface area contributed by atoms with E-state index in [-0.39, 0.29) is 11.5 Å². The van der Waals surface area contributed by atoms with Crippen molar-refractivity contribution in [2.45, 2.75) is 46.1 Å². The van der Waals surface area contributed by atoms with Gasteiger partial charge in [-0.25, -0.2) is 4.98 Å². The molecular weight excluding hydrogens is 502 g/mol. The van der Waals surface area contributed by atoms with Gasteiger partial charge in [-0.3, -0.25) is 14.2 Å². The number of aryl methyl sites for hydroxylation is 1. The fourth-order valence-electron chi connectivity index (χ4n) is 4.39. The first-order valence-electron chi connectivity index (χ1n) is 12.1. The number of hydrogen-bond acceptors (Lipinski definition) is 3. The molecule has 6 heteroatoms. The number of halogens is 1. The maximum atomic E-state index is 13.9. The molecule has 4 rings (SSSR count). The van der Waals surface area contributed by atoms with Crippen LogP contribution in [0.25, 0.3) is 16.6 Å². The van der Waals surface area contributed by atoms with E-state index in [1.165, 1.54) is 0 Å². The van der Waals surface area contributed by atoms with Gasteiger partial charge in [0.25, 0.3) is 11.5 Å². The van der Waals surface area contributed by atoms with E-state index >= 15 is 0 Å². The lowest BCUT2D eigenvalue weighted by molar-refractivity contribution is 0.0678. The summed E-state index contributed by atoms with van der Waals surface area (Å²) < 4.78 is 2.63. The Hall–Kier alpha value is -3.25. The zero-order valence-corrected chi connectivity index (χ0v) is 22.0. The molecule has 4 aromatic rings. The topological polar surface area (TPSA) is 55.2 Å². The lowest BCUT2D eigenvalue weighted by Crippen LogP contribution is -2.38. The highest BCUT2D eigenvalue weighted by molar-refractivity contribution is 9.10. The fraction of sp³-hybridized carbons (Fsp3) is 0.276. The Bertz CT molecular complexity index is 1400. The number of para-hydroxylation sites is 2. The van der Waals surface area contributed by atoms with Crippen LogP contribution in [0.1, 0.15) is 61.4 Å². The van der Waals surface area contributed by atoms with Gasteiger partial charge in [-0.05, 0) is 67.8 Å². The van der Waals surface area contributed by atoms with Crippen molar-refractivity contribution in [1.82, 2.24) is 14.5 Å². The predicted octanol–water partition coefficient (Wildman–Crippen LogP) is 6.71. The van der Waals surface area contributed by atoms with E-state index in [1.807, 2.05) is 84.6 Å². The Balaban J connectivity index is 1.92. The minimum absolute atomic E-state index is 0.0730. The minimum Gasteiger partial charge on any atom is -0.329 e. The molecule has 0 radical (unpaired) electrons. The maximum absolute atomic E-state index is 13.9. The van der Waals surface area contributed by atoms with Gasteiger partial charge in [-0.2, -0.15) is 0 Å². The average Bonchev–Trinajstić information content (AvgIpc) is 2.89. The van der Waals surface area contributed by atoms with E-state index in [4.69, 9.17) is 4.98 Å². The highest BCUT2D eigenvalue weighted by atomic mass is 79.9. The number of unbranched alkanes of at least 4 members (excludes halogenated alkanes) is 1. The van der Waals surface area contributed by atoms with Gasteiger partial charge >= 0.3 is 0 Å². The Morgan fingerprint density at radius 2 is 1.69 bits per heavy atom. The second kappa shape index (κ2) is 11.0. The molecule has 35 heavy (non-hydrogen) atoms. The van der Waals surface area contributed by atoms with Gasteiger partial charge in [-0.15, -0.1) is 0 Å². The van der Waals surface area contributed by atoms with Crippen molar-refractivity contribution in [1.29, 1.82) is 0 Å². The van der Waals surface area contributed by atoms with Crippen molar-refractivity contribution in [3.63, 3.8) is 0 Å². The number of amides is 1. The summed E-state index contributed by atoms with van der Waals surface area (Å²) in [6, 6.07) is 22.3. The number of nitrogens with zero attached hydrogens (tertiary/aromatic N) is 3. The number of benzene rings is 3. The van der Waals surface area contributed by atoms with Crippen molar-refractivity contribution >= 4 is 32.7 Å². The van der Waals surface area contributed by atoms with Gasteiger partial charge in [0.1, 0.15) is 5.82 Å². The number of carbonyl (C=O) groups is 1. The molecule has 0 saturated carbocycles. The van der Waals surface area contributed by atoms with Crippen LogP contribution in [0.4, 0.5) is 0 Å². The van der Waals surface area contributed by atoms with E-state index in [9.17, 15) is 9.59 Å². The number of rotatable bonds is 8. The molecule has 5 nitrogen and oxygen atoms in total. The van der Waals surface area contributed by atoms with Gasteiger partial charge in [0, 0.05) is 16.6 Å². The first-order valence-corrected chi connectivity index (χ1v) is 12.9. The summed E-state index contributed by atoms with van der Waals surface area (Å²) in [5.74, 6) is 0.493. The molecule has 0 N–H and O–H groups in total. The lowest BCUT2D eigenvalue weighted by atomic mass is 10.1. The van der Waals surface area contributed by atoms with Crippen LogP contribution in [-0.4, -0.2) is 26.9 Å². The molecule has 0 saturated heterocycles. The third kappa shape index (κ3) is 5.08. The molecule has 1 atom stereocenters. The molecule has 0 bridgehead atoms. The van der Waals surface area contributed by atoms with Crippen LogP contribution < -0.4 is 5.56 Å². The second-order valence-electron chi connectivity index (χ2n) is 8.64. The second-order valence-corrected chi connectivity index (χ2v) is 9.56. The van der Waals surface area contributed by atoms with Gasteiger partial charge in [0.15, 0.2) is 0 Å². The molecule has 3 aromatic carbocycles. The Labute approximate surface area is 214 Å². The lowest BCUT2D eigenvalue weighted by Gasteiger charge is -2.31. The van der Waals surface area contributed by atoms with Crippen molar-refractivity contribution in [3.8, 4) is 5.69 Å². The van der Waals surface area contributed by atoms with E-state index in [0.29, 0.717) is 28.8 Å². The number of aromatic nitrogens is 2. The third-order valence-corrected chi connectivity index (χ3v) is 6.89. The van der Waals surface area contributed by atoms with E-state index in [0.717, 1.165) is 35.0 Å². The molecule has 1 amide bonds. The van der Waals surface area contributed by atoms with Crippen LogP contribution in [0.15, 0.2) is 82.1 Å². The van der Waals surface area contributed by atoms with Crippen molar-refractivity contribution < 1.29 is 4.79 Å². The summed E-state index contributed by atoms with van der Waals surface area (Å²) in [5, 5.41) is 0.564. The van der Waals surface area contributed by atoms with Gasteiger partial charge in [0.05, 0.1) is 22.6 Å². The van der Waals surface area contributed by atoms with Crippen molar-refractivity contribution in [2.75, 3.05) is 6.54 Å². The SMILES string of the molecule is CCCCN(C(=O)c1ccc(Br)cc1)C(C)c1nc2ccccc2c(=O)n1-c1ccccc1CC. The quantitative estimate of drug-likeness (QED) is 0.253. The smallest absolute Gasteiger partial charge is 0.266 e. The summed E-state index contributed by atoms with van der Waals surface area (Å²) in [6.07, 6.45) is 2.59. The van der Waals surface area contributed by atoms with Crippen LogP contribution in [0.3, 0.4) is 0 Å². The first kappa shape index (κ1) is 24.9. The average molecular weight is 532 g/mol. The van der Waals surface area contributed by atoms with Crippen LogP contribution in [0, 0.1) is 0 Å². The zero-order chi connectivity index (χ0) is 24.9. The van der Waals surface area contributed by atoms with Crippen molar-refractivity contribution in [2.24, 2.45) is 0 Å². The molecule has 0 spiro atoms. The number of hydrogen-bond donors (Lipinski definition) is 0. The maximum Gasteiger partial charge on any atom is 0.266 e. The monoisotopic (exact) mass is 531 g/mol. The molecule has 1 heterocycles. The van der Waals surface area contributed by atoms with Crippen LogP contribution in [0.5, 0.6) is 0 Å². The molecule has 1 aromatic heterocycles. The summed E-state index contributed by atoms with van der Waals surface area (Å²) in [5.41, 5.74) is 2.99. The van der Waals surface area contributed by atoms with Gasteiger partial charge in [0.2, 0.25) is 0 Å². The molecule has 0 aliphatic heterocycles. The molecule has 0 fully saturated rings. The van der Waals surface area contributed by atoms with Crippen molar-refractivity contribution in [3.05, 3.63) is 105 Å². The van der Waals surface area contributed by atoms with Gasteiger partial charge in [-0.1, -0.05) is 66.5 Å². The molecule has 0 aliphatic rings. The van der Waals surface area contributed by atoms with E-state index in [1.54, 1.807) is 4.57 Å². The summed E-state index contributed by atoms with van der Waals surface area (Å²) in [6.45, 7) is 6.72. The normalized spacial score (nSPS) is 12.0. The molecule has 180 valence electrons. The molecule has 0 aliphatic carbocycles. The van der Waals surface area contributed by atoms with Gasteiger partial charge < -0.3 is 4.90 Å². The zero-order valence-electron chi connectivity index (χ0n) is 20.4. The highest BCUT2D eigenvalue weighted by Gasteiger charge is 2.27. The first-order chi connectivity index (χ1) is 17.0. The Kier molecular flexibility index (Phi) is 7.81. The summed E-state index contributed by atoms with van der Waals surface area (Å²) >= 11 is 3.45. The van der Waals surface area contributed by atoms with Crippen LogP contribution in [-0.2, 0) is 6.42 Å². The largest absolute Gasteiger partial charge is 0.329 e. The van der Waals surface area contributed by atoms with Crippen LogP contribution >= 0.6 is 15.9 Å². The summed E-state index contributed by atoms with van der Waals surface area (Å²) in [4.78, 5) is 34.4. The van der Waals surface area contributed by atoms with E-state index < -0.39 is 6.04 Å². The predicted molar refractivity (Wildman–Crippen MR) is 145 cm³/mol. The molecular formula is C29H30BrN3O2. The fourth-order valence-corrected chi connectivity index (χ4v) is 4.65. The minimum atomic E-state index is -0.417. The number of fused-ring (bicyclic) bond motifs is 1. The Morgan fingerprint density at radius 1 is 1.00 bits per heavy atom. The van der Waals surface area contributed by atoms with E-state index in [2.05, 4.69) is 29.8 Å². The highest BCUT2D eigenvalue weighted by Crippen LogP contribution is 2.26. The molecule has 1 unspecified atom stereocenters. The third-order valence-electron chi connectivity index (χ3n) is 6.36.